The summed E-state index contributed by atoms with van der Waals surface area (Å²) < 4.78 is 65.5. The third kappa shape index (κ3) is 5.38. The summed E-state index contributed by atoms with van der Waals surface area (Å²) in [6, 6.07) is 3.65. The Kier molecular flexibility index (Phi) is 5.41. The number of nitrogens with two attached hydrogens (primary N) is 1. The number of halogens is 3. The highest BCUT2D eigenvalue weighted by molar-refractivity contribution is 7.90. The van der Waals surface area contributed by atoms with Crippen molar-refractivity contribution in [2.75, 3.05) is 25.2 Å². The van der Waals surface area contributed by atoms with Crippen LogP contribution in [-0.2, 0) is 22.4 Å². The SMILES string of the molecule is CS(=O)(=O)CCOc1ccc(CCN)cc1C(F)(F)F. The van der Waals surface area contributed by atoms with Gasteiger partial charge in [0.25, 0.3) is 0 Å². The molecule has 114 valence electrons. The molecule has 0 radical (unpaired) electrons. The predicted molar refractivity (Wildman–Crippen MR) is 69.4 cm³/mol. The van der Waals surface area contributed by atoms with Crippen molar-refractivity contribution in [3.05, 3.63) is 29.3 Å². The molecule has 0 saturated carbocycles. The van der Waals surface area contributed by atoms with E-state index in [0.717, 1.165) is 12.3 Å². The highest BCUT2D eigenvalue weighted by atomic mass is 32.2. The Balaban J connectivity index is 2.94. The number of hydrogen-bond acceptors (Lipinski definition) is 4. The molecule has 0 fully saturated rings. The van der Waals surface area contributed by atoms with Crippen LogP contribution in [0.25, 0.3) is 0 Å². The van der Waals surface area contributed by atoms with Crippen LogP contribution in [0.3, 0.4) is 0 Å². The molecule has 0 aromatic heterocycles. The summed E-state index contributed by atoms with van der Waals surface area (Å²) >= 11 is 0. The van der Waals surface area contributed by atoms with Crippen LogP contribution in [0.5, 0.6) is 5.75 Å². The first-order valence-corrected chi connectivity index (χ1v) is 7.90. The fourth-order valence-corrected chi connectivity index (χ4v) is 1.94. The predicted octanol–water partition coefficient (Wildman–Crippen LogP) is 1.63. The molecule has 4 nitrogen and oxygen atoms in total. The lowest BCUT2D eigenvalue weighted by Gasteiger charge is -2.15. The fourth-order valence-electron chi connectivity index (χ4n) is 1.55. The summed E-state index contributed by atoms with van der Waals surface area (Å²) in [7, 11) is -3.28. The van der Waals surface area contributed by atoms with Crippen LogP contribution in [-0.4, -0.2) is 33.6 Å². The Bertz CT molecular complexity index is 556. The van der Waals surface area contributed by atoms with Crippen LogP contribution in [0, 0.1) is 0 Å². The maximum Gasteiger partial charge on any atom is 0.419 e. The molecule has 0 amide bonds. The van der Waals surface area contributed by atoms with E-state index in [1.165, 1.54) is 12.1 Å². The van der Waals surface area contributed by atoms with Crippen molar-refractivity contribution in [2.45, 2.75) is 12.6 Å². The van der Waals surface area contributed by atoms with Gasteiger partial charge in [-0.25, -0.2) is 8.42 Å². The first-order chi connectivity index (χ1) is 9.13. The number of alkyl halides is 3. The van der Waals surface area contributed by atoms with Gasteiger partial charge in [0.15, 0.2) is 9.84 Å². The summed E-state index contributed by atoms with van der Waals surface area (Å²) in [5.74, 6) is -0.712. The standard InChI is InChI=1S/C12H16F3NO3S/c1-20(17,18)7-6-19-11-3-2-9(4-5-16)8-10(11)12(13,14)15/h2-3,8H,4-7,16H2,1H3. The van der Waals surface area contributed by atoms with E-state index in [0.29, 0.717) is 12.0 Å². The molecular weight excluding hydrogens is 295 g/mol. The van der Waals surface area contributed by atoms with Gasteiger partial charge in [-0.3, -0.25) is 0 Å². The Hall–Kier alpha value is -1.28. The summed E-state index contributed by atoms with van der Waals surface area (Å²) in [6.45, 7) is -0.0796. The monoisotopic (exact) mass is 311 g/mol. The Labute approximate surface area is 115 Å². The molecule has 1 rings (SSSR count). The van der Waals surface area contributed by atoms with Gasteiger partial charge >= 0.3 is 6.18 Å². The van der Waals surface area contributed by atoms with E-state index in [2.05, 4.69) is 0 Å². The Morgan fingerprint density at radius 3 is 2.45 bits per heavy atom. The molecule has 20 heavy (non-hydrogen) atoms. The first kappa shape index (κ1) is 16.8. The molecule has 1 aromatic rings. The van der Waals surface area contributed by atoms with Crippen molar-refractivity contribution < 1.29 is 26.3 Å². The van der Waals surface area contributed by atoms with Gasteiger partial charge in [0, 0.05) is 6.26 Å². The van der Waals surface area contributed by atoms with Gasteiger partial charge in [-0.05, 0) is 30.7 Å². The van der Waals surface area contributed by atoms with Gasteiger partial charge < -0.3 is 10.5 Å². The van der Waals surface area contributed by atoms with E-state index in [1.807, 2.05) is 0 Å². The van der Waals surface area contributed by atoms with Gasteiger partial charge in [0.2, 0.25) is 0 Å². The summed E-state index contributed by atoms with van der Waals surface area (Å²) in [6.07, 6.45) is -3.25. The molecule has 0 unspecified atom stereocenters. The van der Waals surface area contributed by atoms with Gasteiger partial charge in [0.05, 0.1) is 11.3 Å². The first-order valence-electron chi connectivity index (χ1n) is 5.84. The molecule has 0 aliphatic heterocycles. The number of benzene rings is 1. The Morgan fingerprint density at radius 2 is 1.95 bits per heavy atom. The normalized spacial score (nSPS) is 12.4. The smallest absolute Gasteiger partial charge is 0.419 e. The zero-order chi connectivity index (χ0) is 15.4. The van der Waals surface area contributed by atoms with Crippen molar-refractivity contribution >= 4 is 9.84 Å². The number of ether oxygens (including phenoxy) is 1. The van der Waals surface area contributed by atoms with Crippen molar-refractivity contribution in [3.63, 3.8) is 0 Å². The lowest BCUT2D eigenvalue weighted by atomic mass is 10.1. The molecule has 0 saturated heterocycles. The lowest BCUT2D eigenvalue weighted by Crippen LogP contribution is -2.15. The van der Waals surface area contributed by atoms with E-state index in [9.17, 15) is 21.6 Å². The molecule has 0 bridgehead atoms. The average molecular weight is 311 g/mol. The van der Waals surface area contributed by atoms with E-state index in [-0.39, 0.29) is 24.7 Å². The van der Waals surface area contributed by atoms with E-state index in [1.54, 1.807) is 0 Å². The van der Waals surface area contributed by atoms with E-state index >= 15 is 0 Å². The highest BCUT2D eigenvalue weighted by Gasteiger charge is 2.34. The molecule has 0 atom stereocenters. The highest BCUT2D eigenvalue weighted by Crippen LogP contribution is 2.36. The summed E-state index contributed by atoms with van der Waals surface area (Å²) in [4.78, 5) is 0. The van der Waals surface area contributed by atoms with Crippen LogP contribution in [0.1, 0.15) is 11.1 Å². The minimum Gasteiger partial charge on any atom is -0.492 e. The zero-order valence-corrected chi connectivity index (χ0v) is 11.7. The molecule has 0 aliphatic rings. The third-order valence-corrected chi connectivity index (χ3v) is 3.40. The number of sulfone groups is 1. The van der Waals surface area contributed by atoms with Gasteiger partial charge in [-0.2, -0.15) is 13.2 Å². The number of hydrogen-bond donors (Lipinski definition) is 1. The van der Waals surface area contributed by atoms with Crippen molar-refractivity contribution in [1.29, 1.82) is 0 Å². The van der Waals surface area contributed by atoms with Crippen molar-refractivity contribution in [2.24, 2.45) is 5.73 Å². The van der Waals surface area contributed by atoms with Crippen LogP contribution >= 0.6 is 0 Å². The minimum atomic E-state index is -4.56. The van der Waals surface area contributed by atoms with Crippen molar-refractivity contribution in [3.8, 4) is 5.75 Å². The number of rotatable bonds is 6. The molecule has 0 heterocycles. The Morgan fingerprint density at radius 1 is 1.30 bits per heavy atom. The largest absolute Gasteiger partial charge is 0.492 e. The molecular formula is C12H16F3NO3S. The van der Waals surface area contributed by atoms with Crippen LogP contribution in [0.15, 0.2) is 18.2 Å². The fraction of sp³-hybridized carbons (Fsp3) is 0.500. The quantitative estimate of drug-likeness (QED) is 0.867. The second-order valence-electron chi connectivity index (χ2n) is 4.35. The van der Waals surface area contributed by atoms with Gasteiger partial charge in [0.1, 0.15) is 12.4 Å². The molecule has 0 aliphatic carbocycles. The second-order valence-corrected chi connectivity index (χ2v) is 6.61. The summed E-state index contributed by atoms with van der Waals surface area (Å²) in [5, 5.41) is 0. The van der Waals surface area contributed by atoms with Crippen LogP contribution in [0.2, 0.25) is 0 Å². The van der Waals surface area contributed by atoms with Crippen LogP contribution in [0.4, 0.5) is 13.2 Å². The second kappa shape index (κ2) is 6.45. The summed E-state index contributed by atoms with van der Waals surface area (Å²) in [5.41, 5.74) is 4.84. The average Bonchev–Trinajstić information content (AvgIpc) is 2.28. The van der Waals surface area contributed by atoms with Gasteiger partial charge in [-0.15, -0.1) is 0 Å². The van der Waals surface area contributed by atoms with E-state index < -0.39 is 21.6 Å². The van der Waals surface area contributed by atoms with E-state index in [4.69, 9.17) is 10.5 Å². The minimum absolute atomic E-state index is 0.242. The maximum atomic E-state index is 12.9. The zero-order valence-electron chi connectivity index (χ0n) is 10.9. The van der Waals surface area contributed by atoms with Gasteiger partial charge in [-0.1, -0.05) is 6.07 Å². The maximum absolute atomic E-state index is 12.9. The lowest BCUT2D eigenvalue weighted by molar-refractivity contribution is -0.138. The van der Waals surface area contributed by atoms with Crippen molar-refractivity contribution in [1.82, 2.24) is 0 Å². The van der Waals surface area contributed by atoms with Crippen LogP contribution < -0.4 is 10.5 Å². The molecule has 8 heteroatoms. The molecule has 2 N–H and O–H groups in total. The molecule has 0 spiro atoms. The molecule has 1 aromatic carbocycles. The topological polar surface area (TPSA) is 69.4 Å². The third-order valence-electron chi connectivity index (χ3n) is 2.49.